The topological polar surface area (TPSA) is 48.1 Å². The molecule has 0 spiro atoms. The standard InChI is InChI=1S/C20H18N2OS/c21-20-18-17(15-5-2-1-3-6-15)13-24-19(18)16(11-22-20)7-4-10-23-12-14-8-9-14/h1-3,5-6,11,13-14H,8-10,12H2,(H2,21,22). The summed E-state index contributed by atoms with van der Waals surface area (Å²) in [5.74, 6) is 7.61. The van der Waals surface area contributed by atoms with E-state index in [9.17, 15) is 0 Å². The molecule has 0 atom stereocenters. The number of nitrogens with zero attached hydrogens (tertiary/aromatic N) is 1. The van der Waals surface area contributed by atoms with E-state index in [4.69, 9.17) is 10.5 Å². The van der Waals surface area contributed by atoms with E-state index in [1.807, 2.05) is 18.2 Å². The van der Waals surface area contributed by atoms with Crippen molar-refractivity contribution in [2.75, 3.05) is 18.9 Å². The smallest absolute Gasteiger partial charge is 0.132 e. The average molecular weight is 334 g/mol. The molecule has 3 nitrogen and oxygen atoms in total. The molecular formula is C20H18N2OS. The van der Waals surface area contributed by atoms with Gasteiger partial charge in [-0.15, -0.1) is 11.3 Å². The second kappa shape index (κ2) is 6.64. The minimum Gasteiger partial charge on any atom is -0.383 e. The molecule has 2 aromatic heterocycles. The molecule has 3 aromatic rings. The van der Waals surface area contributed by atoms with Gasteiger partial charge < -0.3 is 10.5 Å². The summed E-state index contributed by atoms with van der Waals surface area (Å²) in [7, 11) is 0. The van der Waals surface area contributed by atoms with Crippen molar-refractivity contribution in [3.05, 3.63) is 47.5 Å². The summed E-state index contributed by atoms with van der Waals surface area (Å²) in [6.07, 6.45) is 4.36. The van der Waals surface area contributed by atoms with Crippen LogP contribution >= 0.6 is 11.3 Å². The maximum Gasteiger partial charge on any atom is 0.132 e. The van der Waals surface area contributed by atoms with Crippen molar-refractivity contribution < 1.29 is 4.74 Å². The second-order valence-electron chi connectivity index (χ2n) is 6.04. The molecule has 1 saturated carbocycles. The lowest BCUT2D eigenvalue weighted by Crippen LogP contribution is -1.96. The van der Waals surface area contributed by atoms with Gasteiger partial charge in [-0.3, -0.25) is 0 Å². The van der Waals surface area contributed by atoms with Crippen molar-refractivity contribution in [1.82, 2.24) is 4.98 Å². The Morgan fingerprint density at radius 2 is 2.08 bits per heavy atom. The number of nitrogen functional groups attached to an aromatic ring is 1. The molecule has 2 heterocycles. The first-order valence-corrected chi connectivity index (χ1v) is 8.98. The van der Waals surface area contributed by atoms with Gasteiger partial charge in [0.25, 0.3) is 0 Å². The Morgan fingerprint density at radius 3 is 2.88 bits per heavy atom. The Hall–Kier alpha value is -2.35. The summed E-state index contributed by atoms with van der Waals surface area (Å²) in [5, 5.41) is 3.13. The van der Waals surface area contributed by atoms with Crippen LogP contribution in [0.3, 0.4) is 0 Å². The van der Waals surface area contributed by atoms with Gasteiger partial charge in [0.2, 0.25) is 0 Å². The Labute approximate surface area is 145 Å². The molecule has 0 bridgehead atoms. The second-order valence-corrected chi connectivity index (χ2v) is 6.92. The Bertz CT molecular complexity index is 917. The Morgan fingerprint density at radius 1 is 1.25 bits per heavy atom. The van der Waals surface area contributed by atoms with Gasteiger partial charge in [0.15, 0.2) is 0 Å². The van der Waals surface area contributed by atoms with E-state index in [-0.39, 0.29) is 0 Å². The first-order valence-electron chi connectivity index (χ1n) is 8.10. The number of benzene rings is 1. The fourth-order valence-electron chi connectivity index (χ4n) is 2.68. The van der Waals surface area contributed by atoms with Crippen LogP contribution in [-0.4, -0.2) is 18.2 Å². The van der Waals surface area contributed by atoms with Gasteiger partial charge in [-0.2, -0.15) is 0 Å². The van der Waals surface area contributed by atoms with Gasteiger partial charge in [-0.25, -0.2) is 4.98 Å². The summed E-state index contributed by atoms with van der Waals surface area (Å²) >= 11 is 1.66. The molecule has 120 valence electrons. The summed E-state index contributed by atoms with van der Waals surface area (Å²) < 4.78 is 6.67. The lowest BCUT2D eigenvalue weighted by Gasteiger charge is -2.03. The molecule has 2 N–H and O–H groups in total. The third kappa shape index (κ3) is 3.14. The maximum atomic E-state index is 6.15. The molecule has 0 radical (unpaired) electrons. The van der Waals surface area contributed by atoms with Gasteiger partial charge in [-0.1, -0.05) is 42.2 Å². The van der Waals surface area contributed by atoms with E-state index in [0.29, 0.717) is 12.4 Å². The number of fused-ring (bicyclic) bond motifs is 1. The summed E-state index contributed by atoms with van der Waals surface area (Å²) in [5.41, 5.74) is 9.33. The molecule has 24 heavy (non-hydrogen) atoms. The normalized spacial score (nSPS) is 13.7. The predicted molar refractivity (Wildman–Crippen MR) is 99.9 cm³/mol. The monoisotopic (exact) mass is 334 g/mol. The first-order chi connectivity index (χ1) is 11.8. The van der Waals surface area contributed by atoms with Crippen LogP contribution in [0.2, 0.25) is 0 Å². The van der Waals surface area contributed by atoms with Crippen LogP contribution in [0.1, 0.15) is 18.4 Å². The van der Waals surface area contributed by atoms with Gasteiger partial charge in [0.1, 0.15) is 12.4 Å². The third-order valence-corrected chi connectivity index (χ3v) is 5.17. The van der Waals surface area contributed by atoms with Gasteiger partial charge in [-0.05, 0) is 29.7 Å². The van der Waals surface area contributed by atoms with Crippen LogP contribution in [-0.2, 0) is 4.74 Å². The van der Waals surface area contributed by atoms with Gasteiger partial charge in [0, 0.05) is 17.1 Å². The highest BCUT2D eigenvalue weighted by atomic mass is 32.1. The van der Waals surface area contributed by atoms with Crippen LogP contribution in [0.25, 0.3) is 21.2 Å². The van der Waals surface area contributed by atoms with Gasteiger partial charge >= 0.3 is 0 Å². The van der Waals surface area contributed by atoms with Crippen molar-refractivity contribution in [1.29, 1.82) is 0 Å². The fraction of sp³-hybridized carbons (Fsp3) is 0.250. The molecule has 1 aliphatic carbocycles. The lowest BCUT2D eigenvalue weighted by molar-refractivity contribution is 0.156. The summed E-state index contributed by atoms with van der Waals surface area (Å²) in [6, 6.07) is 10.3. The molecule has 1 aromatic carbocycles. The first kappa shape index (κ1) is 15.2. The fourth-order valence-corrected chi connectivity index (χ4v) is 3.73. The molecule has 0 unspecified atom stereocenters. The SMILES string of the molecule is Nc1ncc(C#CCOCC2CC2)c2scc(-c3ccccc3)c12. The number of hydrogen-bond acceptors (Lipinski definition) is 4. The number of nitrogens with two attached hydrogens (primary N) is 1. The molecular weight excluding hydrogens is 316 g/mol. The third-order valence-electron chi connectivity index (χ3n) is 4.16. The van der Waals surface area contributed by atoms with Crippen LogP contribution in [0.15, 0.2) is 41.9 Å². The maximum absolute atomic E-state index is 6.15. The number of ether oxygens (including phenoxy) is 1. The minimum atomic E-state index is 0.472. The highest BCUT2D eigenvalue weighted by Gasteiger charge is 2.20. The molecule has 1 fully saturated rings. The molecule has 0 amide bonds. The summed E-state index contributed by atoms with van der Waals surface area (Å²) in [4.78, 5) is 4.34. The van der Waals surface area contributed by atoms with Crippen molar-refractivity contribution in [2.45, 2.75) is 12.8 Å². The largest absolute Gasteiger partial charge is 0.383 e. The van der Waals surface area contributed by atoms with E-state index in [0.717, 1.165) is 39.3 Å². The minimum absolute atomic E-state index is 0.472. The van der Waals surface area contributed by atoms with E-state index >= 15 is 0 Å². The van der Waals surface area contributed by atoms with Gasteiger partial charge in [0.05, 0.1) is 16.9 Å². The van der Waals surface area contributed by atoms with Crippen molar-refractivity contribution in [3.8, 4) is 23.0 Å². The molecule has 4 heteroatoms. The van der Waals surface area contributed by atoms with E-state index in [1.54, 1.807) is 17.5 Å². The number of aromatic nitrogens is 1. The quantitative estimate of drug-likeness (QED) is 0.571. The van der Waals surface area contributed by atoms with Crippen LogP contribution in [0.4, 0.5) is 5.82 Å². The van der Waals surface area contributed by atoms with Crippen molar-refractivity contribution in [2.24, 2.45) is 5.92 Å². The van der Waals surface area contributed by atoms with E-state index in [2.05, 4.69) is 34.3 Å². The van der Waals surface area contributed by atoms with E-state index in [1.165, 1.54) is 12.8 Å². The number of thiophene rings is 1. The molecule has 1 aliphatic rings. The molecule has 0 aliphatic heterocycles. The zero-order chi connectivity index (χ0) is 16.4. The lowest BCUT2D eigenvalue weighted by atomic mass is 10.0. The molecule has 4 rings (SSSR count). The zero-order valence-corrected chi connectivity index (χ0v) is 14.1. The number of anilines is 1. The van der Waals surface area contributed by atoms with Crippen LogP contribution in [0, 0.1) is 17.8 Å². The number of rotatable bonds is 4. The Kier molecular flexibility index (Phi) is 4.20. The highest BCUT2D eigenvalue weighted by Crippen LogP contribution is 2.38. The zero-order valence-electron chi connectivity index (χ0n) is 13.3. The molecule has 0 saturated heterocycles. The summed E-state index contributed by atoms with van der Waals surface area (Å²) in [6.45, 7) is 1.31. The number of pyridine rings is 1. The Balaban J connectivity index is 1.64. The highest BCUT2D eigenvalue weighted by molar-refractivity contribution is 7.18. The van der Waals surface area contributed by atoms with Crippen LogP contribution < -0.4 is 5.73 Å². The number of hydrogen-bond donors (Lipinski definition) is 1. The average Bonchev–Trinajstić information content (AvgIpc) is 3.32. The van der Waals surface area contributed by atoms with E-state index < -0.39 is 0 Å². The van der Waals surface area contributed by atoms with Crippen LogP contribution in [0.5, 0.6) is 0 Å². The predicted octanol–water partition coefficient (Wildman–Crippen LogP) is 4.32. The van der Waals surface area contributed by atoms with Crippen molar-refractivity contribution >= 4 is 27.2 Å². The van der Waals surface area contributed by atoms with Crippen molar-refractivity contribution in [3.63, 3.8) is 0 Å².